The van der Waals surface area contributed by atoms with Crippen LogP contribution in [0.15, 0.2) is 24.3 Å². The zero-order valence-corrected chi connectivity index (χ0v) is 15.8. The maximum absolute atomic E-state index is 11.1. The first kappa shape index (κ1) is 23.4. The highest BCUT2D eigenvalue weighted by Crippen LogP contribution is 2.19. The van der Waals surface area contributed by atoms with Gasteiger partial charge in [-0.3, -0.25) is 4.79 Å². The van der Waals surface area contributed by atoms with E-state index in [9.17, 15) is 9.59 Å². The number of hydrogen-bond acceptors (Lipinski definition) is 2. The van der Waals surface area contributed by atoms with Gasteiger partial charge in [-0.2, -0.15) is 0 Å². The van der Waals surface area contributed by atoms with Crippen molar-refractivity contribution < 1.29 is 19.8 Å². The molecule has 144 valence electrons. The molecule has 0 aliphatic heterocycles. The molecule has 4 heteroatoms. The van der Waals surface area contributed by atoms with Crippen molar-refractivity contribution in [2.45, 2.75) is 90.4 Å². The first-order chi connectivity index (χ1) is 12.0. The zero-order chi connectivity index (χ0) is 18.9. The molecule has 0 radical (unpaired) electrons. The van der Waals surface area contributed by atoms with E-state index in [0.717, 1.165) is 32.1 Å². The van der Waals surface area contributed by atoms with Gasteiger partial charge in [-0.25, -0.2) is 4.79 Å². The molecule has 0 unspecified atom stereocenters. The fraction of sp³-hybridized carbons (Fsp3) is 0.714. The Kier molecular flexibility index (Phi) is 14.9. The van der Waals surface area contributed by atoms with Crippen molar-refractivity contribution in [3.8, 4) is 0 Å². The summed E-state index contributed by atoms with van der Waals surface area (Å²) in [6.07, 6.45) is 18.9. The number of aliphatic carboxylic acids is 2. The first-order valence-corrected chi connectivity index (χ1v) is 9.80. The molecule has 0 heterocycles. The highest BCUT2D eigenvalue weighted by atomic mass is 16.4. The number of carboxylic acids is 2. The van der Waals surface area contributed by atoms with Gasteiger partial charge in [0.2, 0.25) is 0 Å². The van der Waals surface area contributed by atoms with Crippen molar-refractivity contribution in [3.05, 3.63) is 24.3 Å². The van der Waals surface area contributed by atoms with Crippen LogP contribution >= 0.6 is 0 Å². The van der Waals surface area contributed by atoms with Gasteiger partial charge in [-0.05, 0) is 32.1 Å². The maximum Gasteiger partial charge on any atom is 0.331 e. The van der Waals surface area contributed by atoms with Gasteiger partial charge in [0.15, 0.2) is 0 Å². The van der Waals surface area contributed by atoms with Crippen LogP contribution in [0.2, 0.25) is 0 Å². The van der Waals surface area contributed by atoms with Gasteiger partial charge >= 0.3 is 11.9 Å². The highest BCUT2D eigenvalue weighted by molar-refractivity contribution is 5.93. The molecule has 0 spiro atoms. The number of hydrogen-bond donors (Lipinski definition) is 2. The summed E-state index contributed by atoms with van der Waals surface area (Å²) in [4.78, 5) is 21.9. The molecule has 0 fully saturated rings. The molecule has 25 heavy (non-hydrogen) atoms. The molecular formula is C21H36O4. The zero-order valence-electron chi connectivity index (χ0n) is 15.8. The number of rotatable bonds is 17. The van der Waals surface area contributed by atoms with Crippen LogP contribution in [0.5, 0.6) is 0 Å². The monoisotopic (exact) mass is 352 g/mol. The topological polar surface area (TPSA) is 74.6 Å². The lowest BCUT2D eigenvalue weighted by molar-refractivity contribution is -0.144. The Balaban J connectivity index is 3.56. The summed E-state index contributed by atoms with van der Waals surface area (Å²) in [5, 5.41) is 17.9. The van der Waals surface area contributed by atoms with E-state index in [4.69, 9.17) is 10.2 Å². The Morgan fingerprint density at radius 2 is 1.32 bits per heavy atom. The van der Waals surface area contributed by atoms with E-state index in [1.807, 2.05) is 0 Å². The van der Waals surface area contributed by atoms with E-state index >= 15 is 0 Å². The van der Waals surface area contributed by atoms with Crippen LogP contribution in [0.4, 0.5) is 0 Å². The molecule has 0 rings (SSSR count). The maximum atomic E-state index is 11.1. The number of carboxylic acid groups (broad SMARTS) is 2. The van der Waals surface area contributed by atoms with E-state index in [0.29, 0.717) is 6.42 Å². The van der Waals surface area contributed by atoms with Crippen LogP contribution in [0.25, 0.3) is 0 Å². The second-order valence-corrected chi connectivity index (χ2v) is 6.74. The Morgan fingerprint density at radius 1 is 0.840 bits per heavy atom. The van der Waals surface area contributed by atoms with Gasteiger partial charge in [0.25, 0.3) is 0 Å². The normalized spacial score (nSPS) is 12.4. The van der Waals surface area contributed by atoms with E-state index < -0.39 is 17.9 Å². The molecule has 0 aliphatic carbocycles. The number of unbranched alkanes of at least 4 members (excludes halogenated alkanes) is 10. The lowest BCUT2D eigenvalue weighted by atomic mass is 9.94. The van der Waals surface area contributed by atoms with Gasteiger partial charge in [-0.1, -0.05) is 77.0 Å². The highest BCUT2D eigenvalue weighted by Gasteiger charge is 2.24. The minimum atomic E-state index is -1.22. The molecule has 0 saturated heterocycles. The Bertz CT molecular complexity index is 412. The van der Waals surface area contributed by atoms with Crippen molar-refractivity contribution in [1.29, 1.82) is 0 Å². The van der Waals surface area contributed by atoms with Crippen molar-refractivity contribution in [3.63, 3.8) is 0 Å². The quantitative estimate of drug-likeness (QED) is 0.192. The van der Waals surface area contributed by atoms with Gasteiger partial charge in [-0.15, -0.1) is 0 Å². The van der Waals surface area contributed by atoms with Gasteiger partial charge in [0.1, 0.15) is 0 Å². The lowest BCUT2D eigenvalue weighted by Crippen LogP contribution is -2.20. The Labute approximate surface area is 153 Å². The molecule has 0 aromatic carbocycles. The first-order valence-electron chi connectivity index (χ1n) is 9.80. The minimum absolute atomic E-state index is 0.217. The molecule has 0 aromatic heterocycles. The molecule has 4 nitrogen and oxygen atoms in total. The summed E-state index contributed by atoms with van der Waals surface area (Å²) in [5.74, 6) is -3.28. The van der Waals surface area contributed by atoms with Crippen LogP contribution < -0.4 is 0 Å². The molecule has 0 bridgehead atoms. The average Bonchev–Trinajstić information content (AvgIpc) is 2.57. The fourth-order valence-corrected chi connectivity index (χ4v) is 2.84. The second-order valence-electron chi connectivity index (χ2n) is 6.74. The minimum Gasteiger partial charge on any atom is -0.481 e. The van der Waals surface area contributed by atoms with Crippen LogP contribution in [0, 0.1) is 5.92 Å². The van der Waals surface area contributed by atoms with Crippen molar-refractivity contribution in [2.75, 3.05) is 0 Å². The van der Waals surface area contributed by atoms with E-state index in [-0.39, 0.29) is 5.57 Å². The summed E-state index contributed by atoms with van der Waals surface area (Å²) < 4.78 is 0. The fourth-order valence-electron chi connectivity index (χ4n) is 2.84. The van der Waals surface area contributed by atoms with E-state index in [2.05, 4.69) is 25.7 Å². The standard InChI is InChI=1S/C21H36O4/c1-3-4-5-6-7-8-9-10-11-12-13-14-15-16-17-19(21(24)25)18(2)20(22)23/h10-11,19H,2-9,12-17H2,1H3,(H,22,23)(H,24,25)/b11-10+/t19-/m1/s1. The molecule has 1 atom stereocenters. The van der Waals surface area contributed by atoms with Crippen LogP contribution in [-0.4, -0.2) is 22.2 Å². The molecule has 0 aromatic rings. The smallest absolute Gasteiger partial charge is 0.331 e. The van der Waals surface area contributed by atoms with Gasteiger partial charge in [0, 0.05) is 5.57 Å². The summed E-state index contributed by atoms with van der Waals surface area (Å²) >= 11 is 0. The second kappa shape index (κ2) is 15.9. The van der Waals surface area contributed by atoms with E-state index in [1.54, 1.807) is 0 Å². The van der Waals surface area contributed by atoms with Crippen LogP contribution in [-0.2, 0) is 9.59 Å². The van der Waals surface area contributed by atoms with Crippen molar-refractivity contribution >= 4 is 11.9 Å². The van der Waals surface area contributed by atoms with Gasteiger partial charge < -0.3 is 10.2 Å². The molecule has 0 amide bonds. The number of carbonyl (C=O) groups is 2. The third-order valence-electron chi connectivity index (χ3n) is 4.50. The third-order valence-corrected chi connectivity index (χ3v) is 4.50. The average molecular weight is 353 g/mol. The largest absolute Gasteiger partial charge is 0.481 e. The molecule has 0 saturated carbocycles. The summed E-state index contributed by atoms with van der Waals surface area (Å²) in [5.41, 5.74) is -0.217. The predicted octanol–water partition coefficient (Wildman–Crippen LogP) is 5.98. The Morgan fingerprint density at radius 3 is 1.80 bits per heavy atom. The van der Waals surface area contributed by atoms with Crippen molar-refractivity contribution in [1.82, 2.24) is 0 Å². The predicted molar refractivity (Wildman–Crippen MR) is 103 cm³/mol. The van der Waals surface area contributed by atoms with E-state index in [1.165, 1.54) is 44.9 Å². The summed E-state index contributed by atoms with van der Waals surface area (Å²) in [6.45, 7) is 5.61. The van der Waals surface area contributed by atoms with Crippen LogP contribution in [0.1, 0.15) is 90.4 Å². The number of allylic oxidation sites excluding steroid dienone is 2. The summed E-state index contributed by atoms with van der Waals surface area (Å²) in [6, 6.07) is 0. The molecule has 2 N–H and O–H groups in total. The molecular weight excluding hydrogens is 316 g/mol. The lowest BCUT2D eigenvalue weighted by Gasteiger charge is -2.11. The van der Waals surface area contributed by atoms with Crippen LogP contribution in [0.3, 0.4) is 0 Å². The SMILES string of the molecule is C=C(C(=O)O)[C@@H](CCCCCC/C=C/CCCCCCCC)C(=O)O. The molecule has 0 aliphatic rings. The van der Waals surface area contributed by atoms with Crippen molar-refractivity contribution in [2.24, 2.45) is 5.92 Å². The van der Waals surface area contributed by atoms with Gasteiger partial charge in [0.05, 0.1) is 5.92 Å². The summed E-state index contributed by atoms with van der Waals surface area (Å²) in [7, 11) is 0. The Hall–Kier alpha value is -1.58. The third kappa shape index (κ3) is 13.4.